The van der Waals surface area contributed by atoms with Crippen molar-refractivity contribution in [3.05, 3.63) is 35.7 Å². The SMILES string of the molecule is CNCc1cc(OC)c(OCc2ccno2)c(OC)c1. The van der Waals surface area contributed by atoms with Crippen LogP contribution in [0.1, 0.15) is 11.3 Å². The Morgan fingerprint density at radius 1 is 1.20 bits per heavy atom. The molecule has 108 valence electrons. The quantitative estimate of drug-likeness (QED) is 0.835. The van der Waals surface area contributed by atoms with Crippen molar-refractivity contribution < 1.29 is 18.7 Å². The number of hydrogen-bond donors (Lipinski definition) is 1. The molecule has 0 amide bonds. The summed E-state index contributed by atoms with van der Waals surface area (Å²) in [5, 5.41) is 6.72. The van der Waals surface area contributed by atoms with Crippen molar-refractivity contribution >= 4 is 0 Å². The summed E-state index contributed by atoms with van der Waals surface area (Å²) in [6.45, 7) is 0.979. The van der Waals surface area contributed by atoms with Crippen molar-refractivity contribution in [1.82, 2.24) is 10.5 Å². The predicted octanol–water partition coefficient (Wildman–Crippen LogP) is 1.99. The van der Waals surface area contributed by atoms with Crippen LogP contribution in [0.4, 0.5) is 0 Å². The van der Waals surface area contributed by atoms with Gasteiger partial charge in [-0.25, -0.2) is 0 Å². The van der Waals surface area contributed by atoms with E-state index in [1.54, 1.807) is 26.5 Å². The van der Waals surface area contributed by atoms with Crippen molar-refractivity contribution in [3.8, 4) is 17.2 Å². The molecule has 2 rings (SSSR count). The highest BCUT2D eigenvalue weighted by Crippen LogP contribution is 2.39. The van der Waals surface area contributed by atoms with Crippen molar-refractivity contribution in [2.24, 2.45) is 0 Å². The fourth-order valence-electron chi connectivity index (χ4n) is 1.84. The first-order valence-corrected chi connectivity index (χ1v) is 6.20. The van der Waals surface area contributed by atoms with Crippen molar-refractivity contribution in [1.29, 1.82) is 0 Å². The van der Waals surface area contributed by atoms with Gasteiger partial charge in [0.15, 0.2) is 17.3 Å². The molecular weight excluding hydrogens is 260 g/mol. The molecule has 1 heterocycles. The third-order valence-corrected chi connectivity index (χ3v) is 2.75. The molecule has 0 fully saturated rings. The van der Waals surface area contributed by atoms with Gasteiger partial charge in [-0.2, -0.15) is 0 Å². The highest BCUT2D eigenvalue weighted by Gasteiger charge is 2.14. The maximum Gasteiger partial charge on any atom is 0.204 e. The lowest BCUT2D eigenvalue weighted by atomic mass is 10.2. The van der Waals surface area contributed by atoms with Crippen molar-refractivity contribution in [2.75, 3.05) is 21.3 Å². The third-order valence-electron chi connectivity index (χ3n) is 2.75. The van der Waals surface area contributed by atoms with Crippen LogP contribution in [0.3, 0.4) is 0 Å². The van der Waals surface area contributed by atoms with Gasteiger partial charge in [-0.15, -0.1) is 0 Å². The highest BCUT2D eigenvalue weighted by atomic mass is 16.5. The first-order chi connectivity index (χ1) is 9.78. The molecule has 0 aliphatic carbocycles. The molecule has 0 saturated heterocycles. The smallest absolute Gasteiger partial charge is 0.204 e. The molecule has 6 heteroatoms. The number of methoxy groups -OCH3 is 2. The molecule has 0 radical (unpaired) electrons. The summed E-state index contributed by atoms with van der Waals surface area (Å²) < 4.78 is 21.5. The Bertz CT molecular complexity index is 515. The normalized spacial score (nSPS) is 10.3. The zero-order valence-electron chi connectivity index (χ0n) is 11.8. The topological polar surface area (TPSA) is 65.8 Å². The molecule has 0 spiro atoms. The summed E-state index contributed by atoms with van der Waals surface area (Å²) in [5.41, 5.74) is 1.05. The van der Waals surface area contributed by atoms with Crippen molar-refractivity contribution in [3.63, 3.8) is 0 Å². The van der Waals surface area contributed by atoms with Gasteiger partial charge < -0.3 is 24.1 Å². The van der Waals surface area contributed by atoms with Gasteiger partial charge in [0.05, 0.1) is 20.4 Å². The van der Waals surface area contributed by atoms with Gasteiger partial charge in [-0.3, -0.25) is 0 Å². The van der Waals surface area contributed by atoms with E-state index >= 15 is 0 Å². The van der Waals surface area contributed by atoms with Crippen LogP contribution in [0.25, 0.3) is 0 Å². The summed E-state index contributed by atoms with van der Waals surface area (Å²) >= 11 is 0. The van der Waals surface area contributed by atoms with E-state index in [0.717, 1.165) is 12.1 Å². The molecule has 0 aliphatic heterocycles. The highest BCUT2D eigenvalue weighted by molar-refractivity contribution is 5.53. The molecule has 6 nitrogen and oxygen atoms in total. The summed E-state index contributed by atoms with van der Waals surface area (Å²) in [5.74, 6) is 2.42. The van der Waals surface area contributed by atoms with Crippen LogP contribution in [0.15, 0.2) is 28.9 Å². The number of nitrogens with one attached hydrogen (secondary N) is 1. The van der Waals surface area contributed by atoms with E-state index in [4.69, 9.17) is 18.7 Å². The third kappa shape index (κ3) is 3.21. The van der Waals surface area contributed by atoms with Gasteiger partial charge in [0.2, 0.25) is 5.75 Å². The largest absolute Gasteiger partial charge is 0.493 e. The summed E-state index contributed by atoms with van der Waals surface area (Å²) in [7, 11) is 5.08. The average Bonchev–Trinajstić information content (AvgIpc) is 2.98. The van der Waals surface area contributed by atoms with Gasteiger partial charge in [0.1, 0.15) is 6.61 Å². The van der Waals surface area contributed by atoms with Crippen LogP contribution >= 0.6 is 0 Å². The average molecular weight is 278 g/mol. The molecule has 1 N–H and O–H groups in total. The Labute approximate surface area is 117 Å². The molecule has 0 saturated carbocycles. The predicted molar refractivity (Wildman–Crippen MR) is 73.1 cm³/mol. The molecule has 0 aliphatic rings. The van der Waals surface area contributed by atoms with Gasteiger partial charge in [-0.05, 0) is 24.7 Å². The van der Waals surface area contributed by atoms with Crippen LogP contribution in [0.5, 0.6) is 17.2 Å². The molecule has 0 bridgehead atoms. The standard InChI is InChI=1S/C14H18N2O4/c1-15-8-10-6-12(17-2)14(13(7-10)18-3)19-9-11-4-5-16-20-11/h4-7,15H,8-9H2,1-3H3. The first kappa shape index (κ1) is 14.2. The van der Waals surface area contributed by atoms with E-state index in [2.05, 4.69) is 10.5 Å². The molecule has 1 aromatic heterocycles. The fourth-order valence-corrected chi connectivity index (χ4v) is 1.84. The number of rotatable bonds is 7. The van der Waals surface area contributed by atoms with Gasteiger partial charge in [0, 0.05) is 12.6 Å². The van der Waals surface area contributed by atoms with Crippen LogP contribution in [0, 0.1) is 0 Å². The zero-order chi connectivity index (χ0) is 14.4. The Hall–Kier alpha value is -2.21. The molecule has 0 atom stereocenters. The molecule has 1 aromatic carbocycles. The number of nitrogens with zero attached hydrogens (tertiary/aromatic N) is 1. The van der Waals surface area contributed by atoms with E-state index in [-0.39, 0.29) is 6.61 Å². The second-order valence-electron chi connectivity index (χ2n) is 4.13. The Morgan fingerprint density at radius 2 is 1.90 bits per heavy atom. The second kappa shape index (κ2) is 6.81. The number of benzene rings is 1. The van der Waals surface area contributed by atoms with E-state index < -0.39 is 0 Å². The summed E-state index contributed by atoms with van der Waals surface area (Å²) in [6, 6.07) is 5.57. The summed E-state index contributed by atoms with van der Waals surface area (Å²) in [6.07, 6.45) is 1.57. The fraction of sp³-hybridized carbons (Fsp3) is 0.357. The minimum atomic E-state index is 0.262. The number of aromatic nitrogens is 1. The monoisotopic (exact) mass is 278 g/mol. The minimum Gasteiger partial charge on any atom is -0.493 e. The Morgan fingerprint density at radius 3 is 2.40 bits per heavy atom. The van der Waals surface area contributed by atoms with Gasteiger partial charge in [-0.1, -0.05) is 5.16 Å². The van der Waals surface area contributed by atoms with Crippen LogP contribution in [-0.4, -0.2) is 26.4 Å². The van der Waals surface area contributed by atoms with E-state index in [9.17, 15) is 0 Å². The first-order valence-electron chi connectivity index (χ1n) is 6.20. The van der Waals surface area contributed by atoms with E-state index in [1.807, 2.05) is 19.2 Å². The molecular formula is C14H18N2O4. The Kier molecular flexibility index (Phi) is 4.84. The maximum atomic E-state index is 5.72. The summed E-state index contributed by atoms with van der Waals surface area (Å²) in [4.78, 5) is 0. The zero-order valence-corrected chi connectivity index (χ0v) is 11.8. The lowest BCUT2D eigenvalue weighted by Crippen LogP contribution is -2.06. The van der Waals surface area contributed by atoms with E-state index in [0.29, 0.717) is 23.0 Å². The van der Waals surface area contributed by atoms with Crippen LogP contribution < -0.4 is 19.5 Å². The minimum absolute atomic E-state index is 0.262. The van der Waals surface area contributed by atoms with E-state index in [1.165, 1.54) is 0 Å². The lowest BCUT2D eigenvalue weighted by Gasteiger charge is -2.15. The number of hydrogen-bond acceptors (Lipinski definition) is 6. The van der Waals surface area contributed by atoms with Crippen LogP contribution in [-0.2, 0) is 13.2 Å². The Balaban J connectivity index is 2.24. The molecule has 0 unspecified atom stereocenters. The number of ether oxygens (including phenoxy) is 3. The van der Waals surface area contributed by atoms with Crippen LogP contribution in [0.2, 0.25) is 0 Å². The van der Waals surface area contributed by atoms with Crippen molar-refractivity contribution in [2.45, 2.75) is 13.2 Å². The molecule has 2 aromatic rings. The maximum absolute atomic E-state index is 5.72. The van der Waals surface area contributed by atoms with Gasteiger partial charge >= 0.3 is 0 Å². The van der Waals surface area contributed by atoms with Gasteiger partial charge in [0.25, 0.3) is 0 Å². The lowest BCUT2D eigenvalue weighted by molar-refractivity contribution is 0.228. The second-order valence-corrected chi connectivity index (χ2v) is 4.13. The molecule has 20 heavy (non-hydrogen) atoms.